The molecule has 0 aliphatic rings. The van der Waals surface area contributed by atoms with Crippen LogP contribution in [-0.4, -0.2) is 13.0 Å². The molecule has 0 aliphatic heterocycles. The summed E-state index contributed by atoms with van der Waals surface area (Å²) in [5, 5.41) is 3.02. The van der Waals surface area contributed by atoms with E-state index >= 15 is 0 Å². The molecule has 0 aliphatic carbocycles. The number of hydrogen-bond acceptors (Lipinski definition) is 2. The summed E-state index contributed by atoms with van der Waals surface area (Å²) < 4.78 is 5.11. The highest BCUT2D eigenvalue weighted by atomic mass is 16.5. The van der Waals surface area contributed by atoms with Crippen molar-refractivity contribution in [2.24, 2.45) is 0 Å². The minimum Gasteiger partial charge on any atom is -0.497 e. The Morgan fingerprint density at radius 2 is 1.71 bits per heavy atom. The molecule has 0 saturated heterocycles. The van der Waals surface area contributed by atoms with Crippen LogP contribution in [0.15, 0.2) is 48.5 Å². The van der Waals surface area contributed by atoms with Gasteiger partial charge in [0.25, 0.3) is 0 Å². The first-order valence-corrected chi connectivity index (χ1v) is 7.07. The molecular weight excluding hydrogens is 262 g/mol. The molecule has 3 heteroatoms. The zero-order chi connectivity index (χ0) is 15.2. The lowest BCUT2D eigenvalue weighted by Gasteiger charge is -2.14. The van der Waals surface area contributed by atoms with E-state index in [9.17, 15) is 4.79 Å². The van der Waals surface area contributed by atoms with Gasteiger partial charge in [0.15, 0.2) is 0 Å². The average Bonchev–Trinajstić information content (AvgIpc) is 2.48. The third-order valence-corrected chi connectivity index (χ3v) is 3.48. The van der Waals surface area contributed by atoms with Crippen molar-refractivity contribution < 1.29 is 9.53 Å². The van der Waals surface area contributed by atoms with E-state index in [1.807, 2.05) is 43.3 Å². The van der Waals surface area contributed by atoms with Gasteiger partial charge in [-0.05, 0) is 37.1 Å². The van der Waals surface area contributed by atoms with Crippen LogP contribution >= 0.6 is 0 Å². The molecule has 0 fully saturated rings. The topological polar surface area (TPSA) is 38.3 Å². The Morgan fingerprint density at radius 1 is 1.10 bits per heavy atom. The molecule has 1 amide bonds. The summed E-state index contributed by atoms with van der Waals surface area (Å²) >= 11 is 0. The second-order valence-electron chi connectivity index (χ2n) is 5.22. The first-order chi connectivity index (χ1) is 10.1. The molecule has 0 aromatic heterocycles. The highest BCUT2D eigenvalue weighted by molar-refractivity contribution is 5.79. The second-order valence-corrected chi connectivity index (χ2v) is 5.22. The fraction of sp³-hybridized carbons (Fsp3) is 0.278. The zero-order valence-corrected chi connectivity index (χ0v) is 12.7. The predicted molar refractivity (Wildman–Crippen MR) is 84.4 cm³/mol. The van der Waals surface area contributed by atoms with E-state index < -0.39 is 0 Å². The zero-order valence-electron chi connectivity index (χ0n) is 12.7. The van der Waals surface area contributed by atoms with Crippen molar-refractivity contribution >= 4 is 5.91 Å². The second kappa shape index (κ2) is 6.93. The van der Waals surface area contributed by atoms with E-state index in [0.29, 0.717) is 6.42 Å². The number of benzene rings is 2. The lowest BCUT2D eigenvalue weighted by molar-refractivity contribution is -0.121. The molecule has 21 heavy (non-hydrogen) atoms. The molecule has 0 saturated carbocycles. The van der Waals surface area contributed by atoms with Crippen LogP contribution in [0, 0.1) is 6.92 Å². The van der Waals surface area contributed by atoms with Crippen LogP contribution in [0.2, 0.25) is 0 Å². The van der Waals surface area contributed by atoms with Crippen molar-refractivity contribution in [1.29, 1.82) is 0 Å². The van der Waals surface area contributed by atoms with Gasteiger partial charge < -0.3 is 10.1 Å². The van der Waals surface area contributed by atoms with Gasteiger partial charge in [0.1, 0.15) is 5.75 Å². The molecule has 0 heterocycles. The predicted octanol–water partition coefficient (Wildman–Crippen LogP) is 3.42. The smallest absolute Gasteiger partial charge is 0.224 e. The number of rotatable bonds is 5. The van der Waals surface area contributed by atoms with Crippen LogP contribution in [0.3, 0.4) is 0 Å². The van der Waals surface area contributed by atoms with E-state index in [4.69, 9.17) is 4.74 Å². The van der Waals surface area contributed by atoms with Crippen LogP contribution < -0.4 is 10.1 Å². The third-order valence-electron chi connectivity index (χ3n) is 3.48. The van der Waals surface area contributed by atoms with Gasteiger partial charge in [-0.3, -0.25) is 4.79 Å². The van der Waals surface area contributed by atoms with Crippen molar-refractivity contribution in [3.63, 3.8) is 0 Å². The van der Waals surface area contributed by atoms with Gasteiger partial charge in [-0.2, -0.15) is 0 Å². The molecule has 1 atom stereocenters. The lowest BCUT2D eigenvalue weighted by Crippen LogP contribution is -2.28. The van der Waals surface area contributed by atoms with Crippen molar-refractivity contribution in [1.82, 2.24) is 5.32 Å². The Balaban J connectivity index is 1.92. The first-order valence-electron chi connectivity index (χ1n) is 7.07. The van der Waals surface area contributed by atoms with Crippen molar-refractivity contribution in [3.8, 4) is 5.75 Å². The SMILES string of the molecule is COc1ccc(CC(=O)NC(C)c2ccc(C)cc2)cc1. The minimum atomic E-state index is 0.0105. The lowest BCUT2D eigenvalue weighted by atomic mass is 10.1. The number of amides is 1. The Kier molecular flexibility index (Phi) is 4.99. The maximum atomic E-state index is 12.1. The summed E-state index contributed by atoms with van der Waals surface area (Å²) in [4.78, 5) is 12.1. The Morgan fingerprint density at radius 3 is 2.29 bits per heavy atom. The minimum absolute atomic E-state index is 0.0105. The molecule has 0 bridgehead atoms. The first kappa shape index (κ1) is 15.1. The summed E-state index contributed by atoms with van der Waals surface area (Å²) in [7, 11) is 1.63. The standard InChI is InChI=1S/C18H21NO2/c1-13-4-8-16(9-5-13)14(2)19-18(20)12-15-6-10-17(21-3)11-7-15/h4-11,14H,12H2,1-3H3,(H,19,20). The molecule has 1 unspecified atom stereocenters. The van der Waals surface area contributed by atoms with Crippen LogP contribution in [-0.2, 0) is 11.2 Å². The van der Waals surface area contributed by atoms with E-state index in [2.05, 4.69) is 24.4 Å². The number of carbonyl (C=O) groups excluding carboxylic acids is 1. The van der Waals surface area contributed by atoms with Crippen LogP contribution in [0.5, 0.6) is 5.75 Å². The molecule has 2 rings (SSSR count). The highest BCUT2D eigenvalue weighted by Crippen LogP contribution is 2.14. The Bertz CT molecular complexity index is 588. The number of hydrogen-bond donors (Lipinski definition) is 1. The molecule has 0 radical (unpaired) electrons. The fourth-order valence-electron chi connectivity index (χ4n) is 2.16. The number of carbonyl (C=O) groups is 1. The number of aryl methyl sites for hydroxylation is 1. The van der Waals surface area contributed by atoms with Gasteiger partial charge >= 0.3 is 0 Å². The molecule has 110 valence electrons. The van der Waals surface area contributed by atoms with Gasteiger partial charge in [0, 0.05) is 0 Å². The quantitative estimate of drug-likeness (QED) is 0.913. The summed E-state index contributed by atoms with van der Waals surface area (Å²) in [5.74, 6) is 0.820. The number of nitrogens with one attached hydrogen (secondary N) is 1. The van der Waals surface area contributed by atoms with Crippen LogP contribution in [0.25, 0.3) is 0 Å². The van der Waals surface area contributed by atoms with Crippen molar-refractivity contribution in [3.05, 3.63) is 65.2 Å². The van der Waals surface area contributed by atoms with Crippen LogP contribution in [0.1, 0.15) is 29.7 Å². The van der Waals surface area contributed by atoms with Gasteiger partial charge in [-0.1, -0.05) is 42.0 Å². The Labute approximate surface area is 126 Å². The Hall–Kier alpha value is -2.29. The number of methoxy groups -OCH3 is 1. The maximum absolute atomic E-state index is 12.1. The van der Waals surface area contributed by atoms with Crippen LogP contribution in [0.4, 0.5) is 0 Å². The van der Waals surface area contributed by atoms with Gasteiger partial charge in [-0.25, -0.2) is 0 Å². The fourth-order valence-corrected chi connectivity index (χ4v) is 2.16. The molecule has 1 N–H and O–H groups in total. The average molecular weight is 283 g/mol. The summed E-state index contributed by atoms with van der Waals surface area (Å²) in [6.07, 6.45) is 0.375. The number of ether oxygens (including phenoxy) is 1. The molecule has 2 aromatic carbocycles. The molecule has 2 aromatic rings. The molecule has 0 spiro atoms. The van der Waals surface area contributed by atoms with E-state index in [-0.39, 0.29) is 11.9 Å². The molecule has 3 nitrogen and oxygen atoms in total. The summed E-state index contributed by atoms with van der Waals surface area (Å²) in [5.41, 5.74) is 3.31. The van der Waals surface area contributed by atoms with Crippen molar-refractivity contribution in [2.75, 3.05) is 7.11 Å². The van der Waals surface area contributed by atoms with Gasteiger partial charge in [0.2, 0.25) is 5.91 Å². The van der Waals surface area contributed by atoms with Gasteiger partial charge in [-0.15, -0.1) is 0 Å². The van der Waals surface area contributed by atoms with E-state index in [1.54, 1.807) is 7.11 Å². The summed E-state index contributed by atoms with van der Waals surface area (Å²) in [6.45, 7) is 4.05. The van der Waals surface area contributed by atoms with E-state index in [1.165, 1.54) is 5.56 Å². The normalized spacial score (nSPS) is 11.8. The van der Waals surface area contributed by atoms with Gasteiger partial charge in [0.05, 0.1) is 19.6 Å². The van der Waals surface area contributed by atoms with E-state index in [0.717, 1.165) is 16.9 Å². The maximum Gasteiger partial charge on any atom is 0.224 e. The summed E-state index contributed by atoms with van der Waals surface area (Å²) in [6, 6.07) is 15.8. The third kappa shape index (κ3) is 4.35. The molecular formula is C18H21NO2. The largest absolute Gasteiger partial charge is 0.497 e. The highest BCUT2D eigenvalue weighted by Gasteiger charge is 2.10. The van der Waals surface area contributed by atoms with Crippen molar-refractivity contribution in [2.45, 2.75) is 26.3 Å². The monoisotopic (exact) mass is 283 g/mol.